The summed E-state index contributed by atoms with van der Waals surface area (Å²) in [5.41, 5.74) is 6.50. The van der Waals surface area contributed by atoms with Crippen molar-refractivity contribution in [1.82, 2.24) is 14.4 Å². The molecule has 0 saturated carbocycles. The van der Waals surface area contributed by atoms with Crippen molar-refractivity contribution < 1.29 is 14.6 Å². The number of aromatic nitrogens is 1. The van der Waals surface area contributed by atoms with Crippen LogP contribution in [-0.4, -0.2) is 72.3 Å². The van der Waals surface area contributed by atoms with Gasteiger partial charge in [0.15, 0.2) is 0 Å². The van der Waals surface area contributed by atoms with Crippen molar-refractivity contribution in [3.05, 3.63) is 87.5 Å². The minimum absolute atomic E-state index is 0.148. The normalized spacial score (nSPS) is 14.3. The molecule has 5 rings (SSSR count). The van der Waals surface area contributed by atoms with Crippen LogP contribution in [0.2, 0.25) is 0 Å². The lowest BCUT2D eigenvalue weighted by molar-refractivity contribution is 0.0525. The predicted octanol–water partition coefficient (Wildman–Crippen LogP) is 5.97. The molecule has 210 valence electrons. The Balaban J connectivity index is 1.64. The Kier molecular flexibility index (Phi) is 8.49. The number of aryl methyl sites for hydroxylation is 1. The second kappa shape index (κ2) is 12.0. The first-order chi connectivity index (χ1) is 19.3. The van der Waals surface area contributed by atoms with Gasteiger partial charge in [-0.3, -0.25) is 4.90 Å². The highest BCUT2D eigenvalue weighted by Crippen LogP contribution is 2.41. The fraction of sp³-hybridized carbons (Fsp3) is 0.344. The minimum Gasteiger partial charge on any atom is -0.506 e. The number of carbonyl (C=O) groups excluding carboxylic acids is 1. The van der Waals surface area contributed by atoms with Crippen molar-refractivity contribution >= 4 is 38.5 Å². The number of ether oxygens (including phenoxy) is 1. The van der Waals surface area contributed by atoms with Crippen LogP contribution in [0.4, 0.5) is 5.69 Å². The van der Waals surface area contributed by atoms with Crippen LogP contribution in [0.3, 0.4) is 0 Å². The van der Waals surface area contributed by atoms with Crippen molar-refractivity contribution in [2.24, 2.45) is 0 Å². The van der Waals surface area contributed by atoms with Gasteiger partial charge < -0.3 is 24.2 Å². The van der Waals surface area contributed by atoms with E-state index in [0.29, 0.717) is 28.7 Å². The van der Waals surface area contributed by atoms with Crippen molar-refractivity contribution in [3.8, 4) is 11.4 Å². The van der Waals surface area contributed by atoms with E-state index < -0.39 is 0 Å². The van der Waals surface area contributed by atoms with Crippen LogP contribution in [0, 0.1) is 6.92 Å². The molecule has 0 amide bonds. The van der Waals surface area contributed by atoms with Crippen molar-refractivity contribution in [3.63, 3.8) is 0 Å². The minimum atomic E-state index is -0.363. The van der Waals surface area contributed by atoms with E-state index in [1.54, 1.807) is 0 Å². The lowest BCUT2D eigenvalue weighted by Gasteiger charge is -2.37. The Bertz CT molecular complexity index is 1510. The molecular weight excluding hydrogens is 568 g/mol. The van der Waals surface area contributed by atoms with Crippen molar-refractivity contribution in [2.75, 3.05) is 51.8 Å². The predicted molar refractivity (Wildman–Crippen MR) is 165 cm³/mol. The second-order valence-electron chi connectivity index (χ2n) is 10.6. The Morgan fingerprint density at radius 2 is 1.70 bits per heavy atom. The number of hydrogen-bond acceptors (Lipinski definition) is 6. The lowest BCUT2D eigenvalue weighted by atomic mass is 10.0. The highest BCUT2D eigenvalue weighted by Gasteiger charge is 2.31. The quantitative estimate of drug-likeness (QED) is 0.250. The number of halogens is 1. The molecule has 3 aromatic carbocycles. The van der Waals surface area contributed by atoms with E-state index in [1.165, 1.54) is 11.3 Å². The third-order valence-electron chi connectivity index (χ3n) is 7.55. The van der Waals surface area contributed by atoms with Crippen LogP contribution in [0.5, 0.6) is 5.75 Å². The van der Waals surface area contributed by atoms with E-state index in [9.17, 15) is 9.90 Å². The monoisotopic (exact) mass is 604 g/mol. The van der Waals surface area contributed by atoms with Gasteiger partial charge in [-0.2, -0.15) is 0 Å². The van der Waals surface area contributed by atoms with Crippen LogP contribution in [0.1, 0.15) is 34.1 Å². The molecule has 0 unspecified atom stereocenters. The lowest BCUT2D eigenvalue weighted by Crippen LogP contribution is -2.46. The van der Waals surface area contributed by atoms with Gasteiger partial charge in [0.1, 0.15) is 5.75 Å². The smallest absolute Gasteiger partial charge is 0.340 e. The van der Waals surface area contributed by atoms with Gasteiger partial charge in [0, 0.05) is 61.6 Å². The van der Waals surface area contributed by atoms with Gasteiger partial charge >= 0.3 is 5.97 Å². The molecule has 1 aromatic heterocycles. The maximum absolute atomic E-state index is 13.7. The topological polar surface area (TPSA) is 61.2 Å². The zero-order valence-electron chi connectivity index (χ0n) is 23.7. The van der Waals surface area contributed by atoms with E-state index in [0.717, 1.165) is 48.5 Å². The van der Waals surface area contributed by atoms with E-state index in [1.807, 2.05) is 50.2 Å². The zero-order valence-corrected chi connectivity index (χ0v) is 25.2. The molecule has 1 aliphatic heterocycles. The molecule has 8 heteroatoms. The highest BCUT2D eigenvalue weighted by atomic mass is 79.9. The first kappa shape index (κ1) is 28.2. The van der Waals surface area contributed by atoms with Gasteiger partial charge in [0.25, 0.3) is 0 Å². The van der Waals surface area contributed by atoms with Gasteiger partial charge in [0.05, 0.1) is 27.9 Å². The molecule has 7 nitrogen and oxygen atoms in total. The van der Waals surface area contributed by atoms with Crippen LogP contribution < -0.4 is 4.90 Å². The standard InChI is InChI=1S/C32H37BrN4O3/c1-5-40-32(39)30-28(21-35-15-17-36(18-16-35)26-14-10-9-11-22(26)2)37(23-12-7-6-8-13-23)27-19-25(33)31(38)24(29(27)30)20-34(3)4/h6-14,19,38H,5,15-18,20-21H2,1-4H3. The average molecular weight is 606 g/mol. The second-order valence-corrected chi connectivity index (χ2v) is 11.4. The summed E-state index contributed by atoms with van der Waals surface area (Å²) in [5, 5.41) is 11.9. The number of aromatic hydroxyl groups is 1. The van der Waals surface area contributed by atoms with Gasteiger partial charge in [0.2, 0.25) is 0 Å². The number of rotatable bonds is 8. The number of piperazine rings is 1. The molecule has 1 fully saturated rings. The molecule has 2 heterocycles. The Hall–Kier alpha value is -3.33. The SMILES string of the molecule is CCOC(=O)c1c(CN2CCN(c3ccccc3C)CC2)n(-c2ccccc2)c2cc(Br)c(O)c(CN(C)C)c12. The van der Waals surface area contributed by atoms with Crippen LogP contribution in [0.15, 0.2) is 65.1 Å². The molecule has 0 bridgehead atoms. The Morgan fingerprint density at radius 1 is 1.02 bits per heavy atom. The van der Waals surface area contributed by atoms with E-state index >= 15 is 0 Å². The number of phenolic OH excluding ortho intramolecular Hbond substituents is 1. The summed E-state index contributed by atoms with van der Waals surface area (Å²) in [6.45, 7) is 8.86. The van der Waals surface area contributed by atoms with Gasteiger partial charge in [-0.05, 0) is 73.7 Å². The van der Waals surface area contributed by atoms with Gasteiger partial charge in [-0.25, -0.2) is 4.79 Å². The van der Waals surface area contributed by atoms with Gasteiger partial charge in [-0.15, -0.1) is 0 Å². The van der Waals surface area contributed by atoms with E-state index in [4.69, 9.17) is 4.74 Å². The number of phenols is 1. The molecule has 1 N–H and O–H groups in total. The molecule has 0 spiro atoms. The zero-order chi connectivity index (χ0) is 28.4. The van der Waals surface area contributed by atoms with E-state index in [2.05, 4.69) is 73.6 Å². The highest BCUT2D eigenvalue weighted by molar-refractivity contribution is 9.10. The number of fused-ring (bicyclic) bond motifs is 1. The Labute approximate surface area is 244 Å². The maximum atomic E-state index is 13.7. The van der Waals surface area contributed by atoms with E-state index in [-0.39, 0.29) is 18.3 Å². The van der Waals surface area contributed by atoms with Crippen molar-refractivity contribution in [1.29, 1.82) is 0 Å². The van der Waals surface area contributed by atoms with Gasteiger partial charge in [-0.1, -0.05) is 36.4 Å². The number of carbonyl (C=O) groups is 1. The fourth-order valence-electron chi connectivity index (χ4n) is 5.73. The largest absolute Gasteiger partial charge is 0.506 e. The average Bonchev–Trinajstić information content (AvgIpc) is 3.25. The molecule has 0 radical (unpaired) electrons. The van der Waals surface area contributed by atoms with Crippen molar-refractivity contribution in [2.45, 2.75) is 26.9 Å². The third-order valence-corrected chi connectivity index (χ3v) is 8.16. The van der Waals surface area contributed by atoms with Crippen LogP contribution in [-0.2, 0) is 17.8 Å². The summed E-state index contributed by atoms with van der Waals surface area (Å²) in [4.78, 5) is 20.6. The maximum Gasteiger partial charge on any atom is 0.340 e. The molecule has 0 atom stereocenters. The molecule has 1 aliphatic rings. The number of anilines is 1. The molecule has 0 aliphatic carbocycles. The summed E-state index contributed by atoms with van der Waals surface area (Å²) in [5.74, 6) is -0.215. The first-order valence-electron chi connectivity index (χ1n) is 13.8. The number of para-hydroxylation sites is 2. The molecule has 40 heavy (non-hydrogen) atoms. The summed E-state index contributed by atoms with van der Waals surface area (Å²) in [7, 11) is 3.92. The number of benzene rings is 3. The Morgan fingerprint density at radius 3 is 2.35 bits per heavy atom. The summed E-state index contributed by atoms with van der Waals surface area (Å²) in [6, 6.07) is 20.5. The molecular formula is C32H37BrN4O3. The number of nitrogens with zero attached hydrogens (tertiary/aromatic N) is 4. The molecule has 4 aromatic rings. The number of esters is 1. The third kappa shape index (κ3) is 5.48. The van der Waals surface area contributed by atoms with Crippen LogP contribution in [0.25, 0.3) is 16.6 Å². The number of hydrogen-bond donors (Lipinski definition) is 1. The summed E-state index contributed by atoms with van der Waals surface area (Å²) < 4.78 is 8.41. The first-order valence-corrected chi connectivity index (χ1v) is 14.6. The molecule has 1 saturated heterocycles. The summed E-state index contributed by atoms with van der Waals surface area (Å²) in [6.07, 6.45) is 0. The fourth-order valence-corrected chi connectivity index (χ4v) is 6.18. The van der Waals surface area contributed by atoms with Crippen LogP contribution >= 0.6 is 15.9 Å². The summed E-state index contributed by atoms with van der Waals surface area (Å²) >= 11 is 3.58.